The topological polar surface area (TPSA) is 53.2 Å². The molecule has 18 heavy (non-hydrogen) atoms. The maximum Gasteiger partial charge on any atom is 0.235 e. The molecule has 2 aliphatic rings. The van der Waals surface area contributed by atoms with Crippen LogP contribution in [0.5, 0.6) is 0 Å². The van der Waals surface area contributed by atoms with Gasteiger partial charge in [0.2, 0.25) is 6.08 Å². The van der Waals surface area contributed by atoms with Gasteiger partial charge in [0.25, 0.3) is 0 Å². The van der Waals surface area contributed by atoms with Crippen LogP contribution in [0, 0.1) is 29.1 Å². The van der Waals surface area contributed by atoms with Gasteiger partial charge in [-0.3, -0.25) is 0 Å². The van der Waals surface area contributed by atoms with Crippen molar-refractivity contribution in [3.8, 4) is 6.07 Å². The third kappa shape index (κ3) is 3.68. The molecule has 3 heteroatoms. The third-order valence-corrected chi connectivity index (χ3v) is 4.75. The van der Waals surface area contributed by atoms with Gasteiger partial charge in [0.05, 0.1) is 12.1 Å². The van der Waals surface area contributed by atoms with E-state index < -0.39 is 0 Å². The molecule has 0 unspecified atom stereocenters. The van der Waals surface area contributed by atoms with Crippen LogP contribution in [0.1, 0.15) is 57.8 Å². The first-order valence-corrected chi connectivity index (χ1v) is 7.28. The van der Waals surface area contributed by atoms with Crippen LogP contribution in [0.4, 0.5) is 0 Å². The van der Waals surface area contributed by atoms with Crippen LogP contribution in [0.3, 0.4) is 0 Å². The molecule has 2 saturated carbocycles. The summed E-state index contributed by atoms with van der Waals surface area (Å²) in [4.78, 5) is 14.1. The normalized spacial score (nSPS) is 36.4. The minimum atomic E-state index is 0.244. The first kappa shape index (κ1) is 13.3. The zero-order valence-corrected chi connectivity index (χ0v) is 11.0. The lowest BCUT2D eigenvalue weighted by Crippen LogP contribution is -2.21. The number of aliphatic imine (C=N–C) groups is 1. The summed E-state index contributed by atoms with van der Waals surface area (Å²) in [6.07, 6.45) is 12.3. The first-order chi connectivity index (χ1) is 8.81. The highest BCUT2D eigenvalue weighted by Gasteiger charge is 2.26. The smallest absolute Gasteiger partial charge is 0.211 e. The molecule has 0 aromatic rings. The molecule has 0 radical (unpaired) electrons. The van der Waals surface area contributed by atoms with Gasteiger partial charge in [0.1, 0.15) is 0 Å². The molecule has 0 aromatic heterocycles. The van der Waals surface area contributed by atoms with Crippen molar-refractivity contribution in [3.63, 3.8) is 0 Å². The Morgan fingerprint density at radius 1 is 0.944 bits per heavy atom. The molecule has 0 aromatic carbocycles. The van der Waals surface area contributed by atoms with Crippen LogP contribution in [0.15, 0.2) is 4.99 Å². The Labute approximate surface area is 109 Å². The summed E-state index contributed by atoms with van der Waals surface area (Å²) < 4.78 is 0. The fraction of sp³-hybridized carbons (Fsp3) is 0.867. The van der Waals surface area contributed by atoms with Gasteiger partial charge in [0.15, 0.2) is 0 Å². The molecule has 0 N–H and O–H groups in total. The summed E-state index contributed by atoms with van der Waals surface area (Å²) in [6.45, 7) is 0. The lowest BCUT2D eigenvalue weighted by atomic mass is 9.74. The Morgan fingerprint density at radius 2 is 1.50 bits per heavy atom. The minimum Gasteiger partial charge on any atom is -0.211 e. The number of isocyanates is 1. The zero-order valence-electron chi connectivity index (χ0n) is 11.0. The molecule has 0 spiro atoms. The van der Waals surface area contributed by atoms with E-state index in [9.17, 15) is 4.79 Å². The Kier molecular flexibility index (Phi) is 4.96. The van der Waals surface area contributed by atoms with E-state index in [0.29, 0.717) is 5.92 Å². The Bertz CT molecular complexity index is 338. The van der Waals surface area contributed by atoms with Crippen LogP contribution in [0.25, 0.3) is 0 Å². The highest BCUT2D eigenvalue weighted by atomic mass is 16.1. The zero-order chi connectivity index (χ0) is 12.8. The number of carbonyl (C=O) groups excluding carboxylic acids is 1. The van der Waals surface area contributed by atoms with Crippen LogP contribution in [-0.2, 0) is 4.79 Å². The monoisotopic (exact) mass is 246 g/mol. The summed E-state index contributed by atoms with van der Waals surface area (Å²) in [5, 5.41) is 8.89. The first-order valence-electron chi connectivity index (χ1n) is 7.28. The number of rotatable bonds is 3. The second-order valence-corrected chi connectivity index (χ2v) is 5.98. The predicted molar refractivity (Wildman–Crippen MR) is 69.5 cm³/mol. The Balaban J connectivity index is 1.69. The number of nitriles is 1. The van der Waals surface area contributed by atoms with Gasteiger partial charge >= 0.3 is 0 Å². The Morgan fingerprint density at radius 3 is 2.00 bits per heavy atom. The van der Waals surface area contributed by atoms with Crippen molar-refractivity contribution >= 4 is 6.08 Å². The highest BCUT2D eigenvalue weighted by molar-refractivity contribution is 5.33. The lowest BCUT2D eigenvalue weighted by Gasteiger charge is -2.31. The summed E-state index contributed by atoms with van der Waals surface area (Å²) >= 11 is 0. The second-order valence-electron chi connectivity index (χ2n) is 5.98. The fourth-order valence-electron chi connectivity index (χ4n) is 3.58. The van der Waals surface area contributed by atoms with Gasteiger partial charge < -0.3 is 0 Å². The van der Waals surface area contributed by atoms with Gasteiger partial charge in [-0.1, -0.05) is 0 Å². The van der Waals surface area contributed by atoms with Gasteiger partial charge in [-0.2, -0.15) is 5.26 Å². The van der Waals surface area contributed by atoms with E-state index in [1.807, 2.05) is 0 Å². The van der Waals surface area contributed by atoms with E-state index in [4.69, 9.17) is 5.26 Å². The quantitative estimate of drug-likeness (QED) is 0.564. The summed E-state index contributed by atoms with van der Waals surface area (Å²) in [7, 11) is 0. The average Bonchev–Trinajstić information content (AvgIpc) is 2.42. The predicted octanol–water partition coefficient (Wildman–Crippen LogP) is 3.60. The van der Waals surface area contributed by atoms with Crippen LogP contribution < -0.4 is 0 Å². The van der Waals surface area contributed by atoms with E-state index >= 15 is 0 Å². The SMILES string of the molecule is N#C[C@H]1CC[C@@H](C[C@H]2CC[C@@H](N=C=O)CC2)CC1. The van der Waals surface area contributed by atoms with E-state index in [1.54, 1.807) is 6.08 Å². The van der Waals surface area contributed by atoms with Crippen molar-refractivity contribution in [2.45, 2.75) is 63.8 Å². The molecule has 3 nitrogen and oxygen atoms in total. The standard InChI is InChI=1S/C15H22N2O/c16-10-14-3-1-12(2-4-14)9-13-5-7-15(8-6-13)17-11-18/h12-15H,1-9H2/t12-,13-,14+,15+. The van der Waals surface area contributed by atoms with E-state index in [1.165, 1.54) is 32.1 Å². The highest BCUT2D eigenvalue weighted by Crippen LogP contribution is 2.37. The Hall–Kier alpha value is -1.13. The van der Waals surface area contributed by atoms with E-state index in [-0.39, 0.29) is 6.04 Å². The van der Waals surface area contributed by atoms with E-state index in [0.717, 1.165) is 37.5 Å². The number of nitrogens with zero attached hydrogens (tertiary/aromatic N) is 2. The number of hydrogen-bond acceptors (Lipinski definition) is 3. The minimum absolute atomic E-state index is 0.244. The summed E-state index contributed by atoms with van der Waals surface area (Å²) in [6, 6.07) is 2.64. The van der Waals surface area contributed by atoms with Gasteiger partial charge in [0, 0.05) is 5.92 Å². The molecule has 2 aliphatic carbocycles. The van der Waals surface area contributed by atoms with Crippen LogP contribution in [0.2, 0.25) is 0 Å². The molecule has 0 aliphatic heterocycles. The molecule has 2 fully saturated rings. The van der Waals surface area contributed by atoms with Gasteiger partial charge in [-0.15, -0.1) is 0 Å². The van der Waals surface area contributed by atoms with Gasteiger partial charge in [-0.25, -0.2) is 9.79 Å². The van der Waals surface area contributed by atoms with Crippen molar-refractivity contribution in [2.24, 2.45) is 22.7 Å². The number of hydrogen-bond donors (Lipinski definition) is 0. The third-order valence-electron chi connectivity index (χ3n) is 4.75. The molecule has 2 rings (SSSR count). The molecular formula is C15H22N2O. The van der Waals surface area contributed by atoms with Gasteiger partial charge in [-0.05, 0) is 69.6 Å². The average molecular weight is 246 g/mol. The van der Waals surface area contributed by atoms with Crippen molar-refractivity contribution < 1.29 is 4.79 Å². The molecule has 0 bridgehead atoms. The molecule has 98 valence electrons. The molecular weight excluding hydrogens is 224 g/mol. The summed E-state index contributed by atoms with van der Waals surface area (Å²) in [5.41, 5.74) is 0. The van der Waals surface area contributed by atoms with Crippen molar-refractivity contribution in [1.29, 1.82) is 5.26 Å². The molecule has 0 heterocycles. The van der Waals surface area contributed by atoms with Crippen molar-refractivity contribution in [3.05, 3.63) is 0 Å². The maximum absolute atomic E-state index is 10.2. The van der Waals surface area contributed by atoms with Crippen LogP contribution in [-0.4, -0.2) is 12.1 Å². The molecule has 0 atom stereocenters. The summed E-state index contributed by atoms with van der Waals surface area (Å²) in [5.74, 6) is 1.98. The lowest BCUT2D eigenvalue weighted by molar-refractivity contribution is 0.221. The second kappa shape index (κ2) is 6.71. The molecule has 0 amide bonds. The fourth-order valence-corrected chi connectivity index (χ4v) is 3.58. The van der Waals surface area contributed by atoms with Crippen molar-refractivity contribution in [2.75, 3.05) is 0 Å². The van der Waals surface area contributed by atoms with E-state index in [2.05, 4.69) is 11.1 Å². The maximum atomic E-state index is 10.2. The van der Waals surface area contributed by atoms with Crippen LogP contribution >= 0.6 is 0 Å². The largest absolute Gasteiger partial charge is 0.235 e. The molecule has 0 saturated heterocycles. The van der Waals surface area contributed by atoms with Crippen molar-refractivity contribution in [1.82, 2.24) is 0 Å².